The lowest BCUT2D eigenvalue weighted by molar-refractivity contribution is -0.115. The number of nitrogens with zero attached hydrogens (tertiary/aromatic N) is 3. The first-order valence-corrected chi connectivity index (χ1v) is 10.5. The molecule has 1 heterocycles. The number of halogens is 1. The fourth-order valence-corrected chi connectivity index (χ4v) is 3.86. The minimum absolute atomic E-state index is 0.197. The number of anilines is 1. The second-order valence-corrected chi connectivity index (χ2v) is 8.12. The zero-order valence-electron chi connectivity index (χ0n) is 16.7. The van der Waals surface area contributed by atoms with E-state index < -0.39 is 11.1 Å². The van der Waals surface area contributed by atoms with E-state index in [9.17, 15) is 9.18 Å². The van der Waals surface area contributed by atoms with Crippen molar-refractivity contribution in [1.29, 1.82) is 0 Å². The van der Waals surface area contributed by atoms with E-state index in [4.69, 9.17) is 5.84 Å². The summed E-state index contributed by atoms with van der Waals surface area (Å²) in [6.45, 7) is 1.75. The summed E-state index contributed by atoms with van der Waals surface area (Å²) in [5.74, 6) is 5.63. The molecule has 1 aromatic heterocycles. The molecule has 0 aliphatic heterocycles. The number of benzene rings is 3. The largest absolute Gasteiger partial charge is 0.335 e. The van der Waals surface area contributed by atoms with Crippen LogP contribution in [-0.4, -0.2) is 26.0 Å². The van der Waals surface area contributed by atoms with Gasteiger partial charge in [0.2, 0.25) is 11.1 Å². The van der Waals surface area contributed by atoms with Crippen molar-refractivity contribution in [3.8, 4) is 22.5 Å². The van der Waals surface area contributed by atoms with Crippen molar-refractivity contribution in [1.82, 2.24) is 14.9 Å². The van der Waals surface area contributed by atoms with Crippen molar-refractivity contribution >= 4 is 23.4 Å². The number of carbonyl (C=O) groups is 1. The molecular formula is C23H20FN5OS. The molecule has 8 heteroatoms. The maximum Gasteiger partial charge on any atom is 0.237 e. The Hall–Kier alpha value is -3.65. The highest BCUT2D eigenvalue weighted by atomic mass is 32.2. The van der Waals surface area contributed by atoms with Gasteiger partial charge in [-0.2, -0.15) is 0 Å². The zero-order chi connectivity index (χ0) is 21.8. The molecule has 3 aromatic carbocycles. The molecule has 0 bridgehead atoms. The van der Waals surface area contributed by atoms with Gasteiger partial charge in [0.1, 0.15) is 5.82 Å². The minimum atomic E-state index is -0.510. The topological polar surface area (TPSA) is 85.8 Å². The zero-order valence-corrected chi connectivity index (χ0v) is 17.5. The van der Waals surface area contributed by atoms with Crippen LogP contribution in [0.4, 0.5) is 10.1 Å². The first kappa shape index (κ1) is 20.6. The number of thioether (sulfide) groups is 1. The number of nitrogen functional groups attached to an aromatic ring is 1. The van der Waals surface area contributed by atoms with Gasteiger partial charge in [-0.05, 0) is 30.7 Å². The highest BCUT2D eigenvalue weighted by Gasteiger charge is 2.21. The molecule has 1 atom stereocenters. The third kappa shape index (κ3) is 4.44. The van der Waals surface area contributed by atoms with Crippen LogP contribution in [0.1, 0.15) is 6.92 Å². The number of rotatable bonds is 6. The Morgan fingerprint density at radius 1 is 0.968 bits per heavy atom. The molecular weight excluding hydrogens is 413 g/mol. The second kappa shape index (κ2) is 9.01. The molecule has 0 fully saturated rings. The summed E-state index contributed by atoms with van der Waals surface area (Å²) >= 11 is 1.15. The summed E-state index contributed by atoms with van der Waals surface area (Å²) in [7, 11) is 0. The summed E-state index contributed by atoms with van der Waals surface area (Å²) in [4.78, 5) is 12.9. The predicted octanol–water partition coefficient (Wildman–Crippen LogP) is 4.58. The van der Waals surface area contributed by atoms with Gasteiger partial charge in [0, 0.05) is 11.3 Å². The van der Waals surface area contributed by atoms with Crippen LogP contribution in [0.5, 0.6) is 0 Å². The smallest absolute Gasteiger partial charge is 0.237 e. The van der Waals surface area contributed by atoms with E-state index in [2.05, 4.69) is 15.5 Å². The standard InChI is InChI=1S/C23H20FN5OS/c1-15(31-23-28-27-21(29(23)25)18-12-5-7-13-19(18)24)22(30)26-20-14-8-6-11-17(20)16-9-3-2-4-10-16/h2-15H,25H2,1H3,(H,26,30)/t15-/m0/s1. The number of amides is 1. The molecule has 0 unspecified atom stereocenters. The van der Waals surface area contributed by atoms with Crippen molar-refractivity contribution in [3.63, 3.8) is 0 Å². The number of nitrogens with two attached hydrogens (primary N) is 1. The quantitative estimate of drug-likeness (QED) is 0.343. The molecule has 0 saturated carbocycles. The van der Waals surface area contributed by atoms with E-state index >= 15 is 0 Å². The number of carbonyl (C=O) groups excluding carboxylic acids is 1. The first-order valence-electron chi connectivity index (χ1n) is 9.62. The lowest BCUT2D eigenvalue weighted by atomic mass is 10.0. The van der Waals surface area contributed by atoms with Crippen LogP contribution < -0.4 is 11.2 Å². The van der Waals surface area contributed by atoms with Gasteiger partial charge in [-0.3, -0.25) is 4.79 Å². The molecule has 156 valence electrons. The Morgan fingerprint density at radius 3 is 2.35 bits per heavy atom. The normalized spacial score (nSPS) is 11.8. The van der Waals surface area contributed by atoms with Crippen LogP contribution in [0.3, 0.4) is 0 Å². The third-order valence-electron chi connectivity index (χ3n) is 4.70. The SMILES string of the molecule is C[C@H](Sc1nnc(-c2ccccc2F)n1N)C(=O)Nc1ccccc1-c1ccccc1. The Labute approximate surface area is 183 Å². The van der Waals surface area contributed by atoms with Crippen molar-refractivity contribution in [2.24, 2.45) is 0 Å². The van der Waals surface area contributed by atoms with Gasteiger partial charge < -0.3 is 11.2 Å². The van der Waals surface area contributed by atoms with Crippen LogP contribution in [0, 0.1) is 5.82 Å². The van der Waals surface area contributed by atoms with Crippen LogP contribution >= 0.6 is 11.8 Å². The highest BCUT2D eigenvalue weighted by Crippen LogP contribution is 2.30. The molecule has 6 nitrogen and oxygen atoms in total. The van der Waals surface area contributed by atoms with Gasteiger partial charge in [0.25, 0.3) is 0 Å². The van der Waals surface area contributed by atoms with E-state index in [1.165, 1.54) is 10.7 Å². The average molecular weight is 434 g/mol. The number of hydrogen-bond donors (Lipinski definition) is 2. The molecule has 0 radical (unpaired) electrons. The van der Waals surface area contributed by atoms with Crippen molar-refractivity contribution in [3.05, 3.63) is 84.7 Å². The summed E-state index contributed by atoms with van der Waals surface area (Å²) in [6, 6.07) is 23.6. The first-order chi connectivity index (χ1) is 15.0. The minimum Gasteiger partial charge on any atom is -0.335 e. The Balaban J connectivity index is 1.51. The van der Waals surface area contributed by atoms with Gasteiger partial charge >= 0.3 is 0 Å². The highest BCUT2D eigenvalue weighted by molar-refractivity contribution is 8.00. The molecule has 3 N–H and O–H groups in total. The number of hydrogen-bond acceptors (Lipinski definition) is 5. The van der Waals surface area contributed by atoms with Crippen LogP contribution in [0.15, 0.2) is 84.0 Å². The maximum absolute atomic E-state index is 14.1. The summed E-state index contributed by atoms with van der Waals surface area (Å²) in [6.07, 6.45) is 0. The summed E-state index contributed by atoms with van der Waals surface area (Å²) < 4.78 is 15.3. The molecule has 31 heavy (non-hydrogen) atoms. The Morgan fingerprint density at radius 2 is 1.61 bits per heavy atom. The third-order valence-corrected chi connectivity index (χ3v) is 5.76. The van der Waals surface area contributed by atoms with Gasteiger partial charge in [-0.25, -0.2) is 9.07 Å². The monoisotopic (exact) mass is 433 g/mol. The van der Waals surface area contributed by atoms with Crippen LogP contribution in [-0.2, 0) is 4.79 Å². The van der Waals surface area contributed by atoms with E-state index in [1.54, 1.807) is 25.1 Å². The molecule has 4 aromatic rings. The fraction of sp³-hybridized carbons (Fsp3) is 0.0870. The van der Waals surface area contributed by atoms with Gasteiger partial charge in [0.15, 0.2) is 5.82 Å². The lowest BCUT2D eigenvalue weighted by Crippen LogP contribution is -2.24. The van der Waals surface area contributed by atoms with Crippen molar-refractivity contribution in [2.75, 3.05) is 11.2 Å². The maximum atomic E-state index is 14.1. The average Bonchev–Trinajstić information content (AvgIpc) is 3.15. The number of aromatic nitrogens is 3. The van der Waals surface area contributed by atoms with E-state index in [-0.39, 0.29) is 17.3 Å². The van der Waals surface area contributed by atoms with Crippen molar-refractivity contribution in [2.45, 2.75) is 17.3 Å². The number of nitrogens with one attached hydrogen (secondary N) is 1. The summed E-state index contributed by atoms with van der Waals surface area (Å²) in [5.41, 5.74) is 2.90. The second-order valence-electron chi connectivity index (χ2n) is 6.82. The number of para-hydroxylation sites is 1. The van der Waals surface area contributed by atoms with Crippen LogP contribution in [0.2, 0.25) is 0 Å². The fourth-order valence-electron chi connectivity index (χ4n) is 3.09. The molecule has 4 rings (SSSR count). The predicted molar refractivity (Wildman–Crippen MR) is 121 cm³/mol. The van der Waals surface area contributed by atoms with E-state index in [1.807, 2.05) is 54.6 Å². The van der Waals surface area contributed by atoms with Crippen LogP contribution in [0.25, 0.3) is 22.5 Å². The van der Waals surface area contributed by atoms with E-state index in [0.717, 1.165) is 22.9 Å². The van der Waals surface area contributed by atoms with E-state index in [0.29, 0.717) is 10.8 Å². The molecule has 0 saturated heterocycles. The molecule has 0 aliphatic carbocycles. The van der Waals surface area contributed by atoms with Crippen molar-refractivity contribution < 1.29 is 9.18 Å². The Bertz CT molecular complexity index is 1210. The summed E-state index contributed by atoms with van der Waals surface area (Å²) in [5, 5.41) is 10.8. The molecule has 0 aliphatic rings. The Kier molecular flexibility index (Phi) is 5.99. The van der Waals surface area contributed by atoms with Gasteiger partial charge in [-0.1, -0.05) is 72.4 Å². The van der Waals surface area contributed by atoms with Gasteiger partial charge in [-0.15, -0.1) is 10.2 Å². The van der Waals surface area contributed by atoms with Gasteiger partial charge in [0.05, 0.1) is 10.8 Å². The lowest BCUT2D eigenvalue weighted by Gasteiger charge is -2.14. The molecule has 1 amide bonds. The molecule has 0 spiro atoms.